The van der Waals surface area contributed by atoms with Crippen LogP contribution in [0.25, 0.3) is 0 Å². The molecule has 5 nitrogen and oxygen atoms in total. The molecule has 0 saturated carbocycles. The maximum absolute atomic E-state index is 11.6. The number of rotatable bonds is 7. The van der Waals surface area contributed by atoms with Crippen molar-refractivity contribution in [2.24, 2.45) is 0 Å². The van der Waals surface area contributed by atoms with Crippen LogP contribution in [0.1, 0.15) is 51.5 Å². The van der Waals surface area contributed by atoms with E-state index in [9.17, 15) is 9.59 Å². The van der Waals surface area contributed by atoms with Crippen LogP contribution in [0.2, 0.25) is 0 Å². The van der Waals surface area contributed by atoms with Gasteiger partial charge >= 0.3 is 0 Å². The van der Waals surface area contributed by atoms with E-state index in [0.29, 0.717) is 18.1 Å². The van der Waals surface area contributed by atoms with Crippen LogP contribution in [-0.4, -0.2) is 18.4 Å². The number of hydrazine groups is 1. The van der Waals surface area contributed by atoms with Crippen molar-refractivity contribution in [1.82, 2.24) is 10.9 Å². The van der Waals surface area contributed by atoms with E-state index >= 15 is 0 Å². The number of amides is 2. The highest BCUT2D eigenvalue weighted by Crippen LogP contribution is 2.29. The van der Waals surface area contributed by atoms with E-state index in [-0.39, 0.29) is 12.5 Å². The Morgan fingerprint density at radius 3 is 2.50 bits per heavy atom. The summed E-state index contributed by atoms with van der Waals surface area (Å²) in [7, 11) is 0. The van der Waals surface area contributed by atoms with Gasteiger partial charge in [0, 0.05) is 6.42 Å². The molecule has 0 spiro atoms. The van der Waals surface area contributed by atoms with Crippen LogP contribution in [0.3, 0.4) is 0 Å². The minimum atomic E-state index is -0.401. The number of hydrogen-bond donors (Lipinski definition) is 2. The zero-order valence-corrected chi connectivity index (χ0v) is 14.8. The molecule has 0 aliphatic carbocycles. The lowest BCUT2D eigenvalue weighted by Gasteiger charge is -2.13. The van der Waals surface area contributed by atoms with Gasteiger partial charge in [0.2, 0.25) is 5.91 Å². The second kappa shape index (κ2) is 9.46. The fourth-order valence-corrected chi connectivity index (χ4v) is 2.30. The molecule has 1 aromatic carbocycles. The van der Waals surface area contributed by atoms with Crippen LogP contribution < -0.4 is 15.6 Å². The van der Waals surface area contributed by atoms with Crippen LogP contribution in [0.4, 0.5) is 0 Å². The molecule has 1 rings (SSSR count). The van der Waals surface area contributed by atoms with Gasteiger partial charge in [0.15, 0.2) is 6.61 Å². The molecule has 0 aromatic heterocycles. The summed E-state index contributed by atoms with van der Waals surface area (Å²) in [5.41, 5.74) is 5.87. The number of benzene rings is 1. The molecular weight excluding hydrogens is 348 g/mol. The van der Waals surface area contributed by atoms with Gasteiger partial charge in [-0.25, -0.2) is 0 Å². The fourth-order valence-electron chi connectivity index (χ4n) is 1.78. The molecule has 0 aliphatic heterocycles. The van der Waals surface area contributed by atoms with E-state index in [0.717, 1.165) is 17.3 Å². The lowest BCUT2D eigenvalue weighted by atomic mass is 9.99. The molecule has 2 N–H and O–H groups in total. The van der Waals surface area contributed by atoms with E-state index in [1.54, 1.807) is 0 Å². The minimum absolute atomic E-state index is 0.159. The standard InChI is InChI=1S/C16H23BrN2O3/c1-4-6-15(20)18-19-16(21)10-22-14-8-7-12(9-13(14)17)11(3)5-2/h7-9,11H,4-6,10H2,1-3H3,(H,18,20)(H,19,21). The monoisotopic (exact) mass is 370 g/mol. The molecule has 1 unspecified atom stereocenters. The molecule has 122 valence electrons. The van der Waals surface area contributed by atoms with E-state index in [1.165, 1.54) is 5.56 Å². The summed E-state index contributed by atoms with van der Waals surface area (Å²) in [4.78, 5) is 22.8. The molecule has 0 saturated heterocycles. The summed E-state index contributed by atoms with van der Waals surface area (Å²) in [5, 5.41) is 0. The minimum Gasteiger partial charge on any atom is -0.483 e. The zero-order valence-electron chi connectivity index (χ0n) is 13.2. The number of carbonyl (C=O) groups excluding carboxylic acids is 2. The molecule has 0 bridgehead atoms. The lowest BCUT2D eigenvalue weighted by Crippen LogP contribution is -2.43. The molecule has 6 heteroatoms. The first-order valence-electron chi connectivity index (χ1n) is 7.47. The topological polar surface area (TPSA) is 67.4 Å². The lowest BCUT2D eigenvalue weighted by molar-refractivity contribution is -0.130. The first kappa shape index (κ1) is 18.5. The van der Waals surface area contributed by atoms with Crippen molar-refractivity contribution in [1.29, 1.82) is 0 Å². The van der Waals surface area contributed by atoms with Crippen LogP contribution >= 0.6 is 15.9 Å². The third kappa shape index (κ3) is 6.05. The molecule has 22 heavy (non-hydrogen) atoms. The van der Waals surface area contributed by atoms with Crippen LogP contribution in [0, 0.1) is 0 Å². The Morgan fingerprint density at radius 1 is 1.23 bits per heavy atom. The number of ether oxygens (including phenoxy) is 1. The average molecular weight is 371 g/mol. The van der Waals surface area contributed by atoms with Gasteiger partial charge in [0.1, 0.15) is 5.75 Å². The van der Waals surface area contributed by atoms with Crippen molar-refractivity contribution < 1.29 is 14.3 Å². The van der Waals surface area contributed by atoms with Crippen molar-refractivity contribution in [3.63, 3.8) is 0 Å². The third-order valence-corrected chi connectivity index (χ3v) is 3.93. The molecule has 1 atom stereocenters. The molecule has 1 aromatic rings. The second-order valence-corrected chi connectivity index (χ2v) is 5.99. The van der Waals surface area contributed by atoms with Crippen LogP contribution in [0.5, 0.6) is 5.75 Å². The van der Waals surface area contributed by atoms with Crippen molar-refractivity contribution >= 4 is 27.7 Å². The van der Waals surface area contributed by atoms with Crippen LogP contribution in [-0.2, 0) is 9.59 Å². The average Bonchev–Trinajstić information content (AvgIpc) is 2.51. The third-order valence-electron chi connectivity index (χ3n) is 3.31. The highest BCUT2D eigenvalue weighted by molar-refractivity contribution is 9.10. The molecule has 0 aliphatic rings. The normalized spacial score (nSPS) is 11.6. The summed E-state index contributed by atoms with van der Waals surface area (Å²) < 4.78 is 6.26. The number of carbonyl (C=O) groups is 2. The Hall–Kier alpha value is -1.56. The highest BCUT2D eigenvalue weighted by atomic mass is 79.9. The smallest absolute Gasteiger partial charge is 0.276 e. The van der Waals surface area contributed by atoms with E-state index in [4.69, 9.17) is 4.74 Å². The second-order valence-electron chi connectivity index (χ2n) is 5.13. The van der Waals surface area contributed by atoms with Gasteiger partial charge in [-0.2, -0.15) is 0 Å². The van der Waals surface area contributed by atoms with E-state index < -0.39 is 5.91 Å². The zero-order chi connectivity index (χ0) is 16.5. The summed E-state index contributed by atoms with van der Waals surface area (Å²) in [6.07, 6.45) is 2.17. The SMILES string of the molecule is CCCC(=O)NNC(=O)COc1ccc(C(C)CC)cc1Br. The first-order valence-corrected chi connectivity index (χ1v) is 8.27. The van der Waals surface area contributed by atoms with E-state index in [1.807, 2.05) is 25.1 Å². The Bertz CT molecular complexity index is 520. The van der Waals surface area contributed by atoms with Crippen molar-refractivity contribution in [2.45, 2.75) is 46.0 Å². The fraction of sp³-hybridized carbons (Fsp3) is 0.500. The van der Waals surface area contributed by atoms with Gasteiger partial charge in [-0.05, 0) is 52.4 Å². The van der Waals surface area contributed by atoms with Gasteiger partial charge in [-0.3, -0.25) is 20.4 Å². The van der Waals surface area contributed by atoms with Crippen molar-refractivity contribution in [3.8, 4) is 5.75 Å². The van der Waals surface area contributed by atoms with Gasteiger partial charge in [-0.15, -0.1) is 0 Å². The largest absolute Gasteiger partial charge is 0.483 e. The van der Waals surface area contributed by atoms with Gasteiger partial charge in [-0.1, -0.05) is 26.8 Å². The van der Waals surface area contributed by atoms with Crippen LogP contribution in [0.15, 0.2) is 22.7 Å². The Labute approximate surface area is 139 Å². The Kier molecular flexibility index (Phi) is 7.95. The highest BCUT2D eigenvalue weighted by Gasteiger charge is 2.09. The predicted molar refractivity (Wildman–Crippen MR) is 89.5 cm³/mol. The number of nitrogens with one attached hydrogen (secondary N) is 2. The van der Waals surface area contributed by atoms with E-state index in [2.05, 4.69) is 40.6 Å². The quantitative estimate of drug-likeness (QED) is 0.723. The predicted octanol–water partition coefficient (Wildman–Crippen LogP) is 3.29. The summed E-state index contributed by atoms with van der Waals surface area (Å²) in [6.45, 7) is 6.04. The van der Waals surface area contributed by atoms with Gasteiger partial charge < -0.3 is 4.74 Å². The Morgan fingerprint density at radius 2 is 1.91 bits per heavy atom. The molecule has 0 heterocycles. The van der Waals surface area contributed by atoms with Gasteiger partial charge in [0.05, 0.1) is 4.47 Å². The summed E-state index contributed by atoms with van der Waals surface area (Å²) in [6, 6.07) is 5.84. The maximum atomic E-state index is 11.6. The number of halogens is 1. The molecule has 2 amide bonds. The number of hydrogen-bond acceptors (Lipinski definition) is 3. The Balaban J connectivity index is 2.47. The summed E-state index contributed by atoms with van der Waals surface area (Å²) >= 11 is 3.45. The molecule has 0 radical (unpaired) electrons. The van der Waals surface area contributed by atoms with Gasteiger partial charge in [0.25, 0.3) is 5.91 Å². The molecular formula is C16H23BrN2O3. The molecule has 0 fully saturated rings. The van der Waals surface area contributed by atoms with Crippen molar-refractivity contribution in [2.75, 3.05) is 6.61 Å². The first-order chi connectivity index (χ1) is 10.5. The maximum Gasteiger partial charge on any atom is 0.276 e. The van der Waals surface area contributed by atoms with Crippen molar-refractivity contribution in [3.05, 3.63) is 28.2 Å². The summed E-state index contributed by atoms with van der Waals surface area (Å²) in [5.74, 6) is 0.460.